The summed E-state index contributed by atoms with van der Waals surface area (Å²) in [5.41, 5.74) is 3.19. The summed E-state index contributed by atoms with van der Waals surface area (Å²) in [5, 5.41) is 16.9. The average Bonchev–Trinajstić information content (AvgIpc) is 3.19. The van der Waals surface area contributed by atoms with Crippen molar-refractivity contribution >= 4 is 40.6 Å². The van der Waals surface area contributed by atoms with Crippen LogP contribution in [-0.2, 0) is 0 Å². The minimum Gasteiger partial charge on any atom is -0.448 e. The van der Waals surface area contributed by atoms with Crippen LogP contribution in [0.2, 0.25) is 0 Å². The first-order chi connectivity index (χ1) is 14.0. The minimum absolute atomic E-state index is 0.0649. The Morgan fingerprint density at radius 2 is 1.83 bits per heavy atom. The maximum absolute atomic E-state index is 12.2. The minimum atomic E-state index is -0.408. The molecule has 29 heavy (non-hydrogen) atoms. The number of hydrogen-bond acceptors (Lipinski definition) is 5. The Labute approximate surface area is 167 Å². The van der Waals surface area contributed by atoms with Crippen LogP contribution in [0, 0.1) is 5.41 Å². The van der Waals surface area contributed by atoms with Gasteiger partial charge in [-0.2, -0.15) is 0 Å². The number of carbonyl (C=O) groups is 2. The smallest absolute Gasteiger partial charge is 0.323 e. The summed E-state index contributed by atoms with van der Waals surface area (Å²) in [4.78, 5) is 25.5. The van der Waals surface area contributed by atoms with Gasteiger partial charge < -0.3 is 25.3 Å². The predicted octanol–water partition coefficient (Wildman–Crippen LogP) is 4.34. The van der Waals surface area contributed by atoms with E-state index in [1.165, 1.54) is 6.92 Å². The molecule has 0 bridgehead atoms. The monoisotopic (exact) mass is 389 g/mol. The zero-order valence-corrected chi connectivity index (χ0v) is 15.7. The molecule has 0 saturated carbocycles. The van der Waals surface area contributed by atoms with Crippen molar-refractivity contribution in [3.05, 3.63) is 72.0 Å². The molecule has 2 aromatic carbocycles. The number of fused-ring (bicyclic) bond motifs is 1. The number of nitrogens with one attached hydrogen (secondary N) is 4. The molecule has 0 fully saturated rings. The molecular formula is C21H19N5O3. The zero-order chi connectivity index (χ0) is 20.4. The Morgan fingerprint density at radius 1 is 1.07 bits per heavy atom. The Bertz CT molecular complexity index is 1090. The lowest BCUT2D eigenvalue weighted by Crippen LogP contribution is -2.39. The quantitative estimate of drug-likeness (QED) is 0.496. The van der Waals surface area contributed by atoms with Gasteiger partial charge in [-0.1, -0.05) is 12.1 Å². The summed E-state index contributed by atoms with van der Waals surface area (Å²) in [6, 6.07) is 15.3. The van der Waals surface area contributed by atoms with Gasteiger partial charge in [0, 0.05) is 22.6 Å². The van der Waals surface area contributed by atoms with Gasteiger partial charge in [0.15, 0.2) is 5.78 Å². The van der Waals surface area contributed by atoms with Crippen LogP contribution in [0.1, 0.15) is 22.8 Å². The van der Waals surface area contributed by atoms with Gasteiger partial charge in [0.25, 0.3) is 0 Å². The van der Waals surface area contributed by atoms with Gasteiger partial charge in [0.2, 0.25) is 5.88 Å². The van der Waals surface area contributed by atoms with Gasteiger partial charge >= 0.3 is 6.03 Å². The van der Waals surface area contributed by atoms with Crippen LogP contribution in [0.5, 0.6) is 0 Å². The fourth-order valence-electron chi connectivity index (χ4n) is 3.06. The number of carbonyl (C=O) groups excluding carboxylic acids is 2. The van der Waals surface area contributed by atoms with Crippen molar-refractivity contribution in [2.45, 2.75) is 6.92 Å². The fourth-order valence-corrected chi connectivity index (χ4v) is 3.06. The number of Topliss-reactive ketones (excluding diaryl/α,β-unsaturated/α-hetero) is 1. The highest BCUT2D eigenvalue weighted by Gasteiger charge is 2.24. The Hall–Kier alpha value is -4.07. The van der Waals surface area contributed by atoms with Crippen molar-refractivity contribution in [1.82, 2.24) is 0 Å². The molecule has 2 amide bonds. The summed E-state index contributed by atoms with van der Waals surface area (Å²) in [5.74, 6) is 0.872. The molecule has 0 spiro atoms. The van der Waals surface area contributed by atoms with Gasteiger partial charge in [-0.05, 0) is 49.4 Å². The molecule has 1 aliphatic heterocycles. The lowest BCUT2D eigenvalue weighted by Gasteiger charge is -2.29. The second kappa shape index (κ2) is 7.51. The van der Waals surface area contributed by atoms with Crippen molar-refractivity contribution < 1.29 is 14.0 Å². The number of amidine groups is 1. The summed E-state index contributed by atoms with van der Waals surface area (Å²) in [6.45, 7) is 1.89. The number of rotatable bonds is 4. The summed E-state index contributed by atoms with van der Waals surface area (Å²) in [6.07, 6.45) is 1.55. The second-order valence-electron chi connectivity index (χ2n) is 6.54. The normalized spacial score (nSPS) is 12.7. The van der Waals surface area contributed by atoms with Crippen LogP contribution in [-0.4, -0.2) is 24.3 Å². The highest BCUT2D eigenvalue weighted by Crippen LogP contribution is 2.27. The van der Waals surface area contributed by atoms with Crippen LogP contribution < -0.4 is 20.9 Å². The molecule has 146 valence electrons. The van der Waals surface area contributed by atoms with Crippen molar-refractivity contribution in [3.8, 4) is 0 Å². The third-order valence-electron chi connectivity index (χ3n) is 4.55. The van der Waals surface area contributed by atoms with Crippen LogP contribution in [0.15, 0.2) is 65.3 Å². The SMILES string of the molecule is CC(=O)c1cccc(NC(=O)Nc2ccc(N3CNc4occc4C3=N)cc2)c1. The molecule has 3 aromatic rings. The molecule has 0 unspecified atom stereocenters. The fraction of sp³-hybridized carbons (Fsp3) is 0.0952. The molecule has 0 saturated heterocycles. The number of furan rings is 1. The van der Waals surface area contributed by atoms with E-state index in [4.69, 9.17) is 9.83 Å². The molecule has 1 aromatic heterocycles. The van der Waals surface area contributed by atoms with E-state index in [1.807, 2.05) is 12.1 Å². The molecule has 0 atom stereocenters. The first-order valence-electron chi connectivity index (χ1n) is 8.98. The van der Waals surface area contributed by atoms with E-state index in [-0.39, 0.29) is 5.78 Å². The topological polar surface area (TPSA) is 110 Å². The third kappa shape index (κ3) is 3.81. The van der Waals surface area contributed by atoms with E-state index < -0.39 is 6.03 Å². The standard InChI is InChI=1S/C21H19N5O3/c1-13(27)14-3-2-4-16(11-14)25-21(28)24-15-5-7-17(8-6-15)26-12-23-20-18(19(26)22)9-10-29-20/h2-11,22-23H,12H2,1H3,(H2,24,25,28). The number of nitrogens with zero attached hydrogens (tertiary/aromatic N) is 1. The first kappa shape index (κ1) is 18.3. The number of anilines is 4. The number of urea groups is 1. The number of benzene rings is 2. The number of hydrogen-bond donors (Lipinski definition) is 4. The molecular weight excluding hydrogens is 370 g/mol. The van der Waals surface area contributed by atoms with E-state index in [0.29, 0.717) is 40.9 Å². The van der Waals surface area contributed by atoms with Crippen LogP contribution >= 0.6 is 0 Å². The van der Waals surface area contributed by atoms with Crippen LogP contribution in [0.4, 0.5) is 27.7 Å². The Balaban J connectivity index is 1.41. The largest absolute Gasteiger partial charge is 0.448 e. The van der Waals surface area contributed by atoms with E-state index in [1.54, 1.807) is 53.6 Å². The zero-order valence-electron chi connectivity index (χ0n) is 15.7. The maximum Gasteiger partial charge on any atom is 0.323 e. The molecule has 2 heterocycles. The van der Waals surface area contributed by atoms with Gasteiger partial charge in [0.05, 0.1) is 18.5 Å². The van der Waals surface area contributed by atoms with Gasteiger partial charge in [-0.25, -0.2) is 4.79 Å². The highest BCUT2D eigenvalue weighted by atomic mass is 16.3. The average molecular weight is 389 g/mol. The number of ketones is 1. The lowest BCUT2D eigenvalue weighted by atomic mass is 10.1. The summed E-state index contributed by atoms with van der Waals surface area (Å²) in [7, 11) is 0. The van der Waals surface area contributed by atoms with Crippen molar-refractivity contribution in [2.75, 3.05) is 27.5 Å². The van der Waals surface area contributed by atoms with Crippen molar-refractivity contribution in [1.29, 1.82) is 5.41 Å². The van der Waals surface area contributed by atoms with Crippen molar-refractivity contribution in [2.24, 2.45) is 0 Å². The van der Waals surface area contributed by atoms with E-state index >= 15 is 0 Å². The lowest BCUT2D eigenvalue weighted by molar-refractivity contribution is 0.101. The molecule has 8 nitrogen and oxygen atoms in total. The van der Waals surface area contributed by atoms with E-state index in [0.717, 1.165) is 5.69 Å². The molecule has 8 heteroatoms. The first-order valence-corrected chi connectivity index (χ1v) is 8.98. The van der Waals surface area contributed by atoms with Crippen LogP contribution in [0.25, 0.3) is 0 Å². The molecule has 1 aliphatic rings. The van der Waals surface area contributed by atoms with E-state index in [9.17, 15) is 9.59 Å². The van der Waals surface area contributed by atoms with Gasteiger partial charge in [-0.3, -0.25) is 10.2 Å². The van der Waals surface area contributed by atoms with Crippen LogP contribution in [0.3, 0.4) is 0 Å². The third-order valence-corrected chi connectivity index (χ3v) is 4.55. The van der Waals surface area contributed by atoms with Gasteiger partial charge in [-0.15, -0.1) is 0 Å². The molecule has 0 aliphatic carbocycles. The molecule has 4 N–H and O–H groups in total. The summed E-state index contributed by atoms with van der Waals surface area (Å²) < 4.78 is 5.29. The highest BCUT2D eigenvalue weighted by molar-refractivity contribution is 6.12. The second-order valence-corrected chi connectivity index (χ2v) is 6.54. The molecule has 4 rings (SSSR count). The maximum atomic E-state index is 12.2. The van der Waals surface area contributed by atoms with Gasteiger partial charge in [0.1, 0.15) is 5.84 Å². The predicted molar refractivity (Wildman–Crippen MR) is 112 cm³/mol. The van der Waals surface area contributed by atoms with Crippen molar-refractivity contribution in [3.63, 3.8) is 0 Å². The summed E-state index contributed by atoms with van der Waals surface area (Å²) >= 11 is 0. The molecule has 0 radical (unpaired) electrons. The Morgan fingerprint density at radius 3 is 2.59 bits per heavy atom. The number of amides is 2. The van der Waals surface area contributed by atoms with E-state index in [2.05, 4.69) is 16.0 Å². The Kier molecular flexibility index (Phi) is 4.74.